The van der Waals surface area contributed by atoms with E-state index in [0.29, 0.717) is 6.61 Å². The van der Waals surface area contributed by atoms with Crippen LogP contribution in [0.25, 0.3) is 0 Å². The van der Waals surface area contributed by atoms with Crippen LogP contribution < -0.4 is 10.5 Å². The van der Waals surface area contributed by atoms with Crippen molar-refractivity contribution in [1.82, 2.24) is 0 Å². The van der Waals surface area contributed by atoms with Gasteiger partial charge in [-0.05, 0) is 30.5 Å². The summed E-state index contributed by atoms with van der Waals surface area (Å²) >= 11 is 0. The number of ether oxygens (including phenoxy) is 2. The van der Waals surface area contributed by atoms with E-state index in [2.05, 4.69) is 6.92 Å². The molecular weight excluding hydrogens is 242 g/mol. The molecule has 0 heterocycles. The molecule has 19 heavy (non-hydrogen) atoms. The highest BCUT2D eigenvalue weighted by atomic mass is 16.5. The van der Waals surface area contributed by atoms with Gasteiger partial charge < -0.3 is 20.3 Å². The fraction of sp³-hybridized carbons (Fsp3) is 0.600. The molecule has 0 bridgehead atoms. The summed E-state index contributed by atoms with van der Waals surface area (Å²) in [5, 5.41) is 9.33. The van der Waals surface area contributed by atoms with Gasteiger partial charge >= 0.3 is 0 Å². The third-order valence-electron chi connectivity index (χ3n) is 3.09. The number of aliphatic hydroxyl groups excluding tert-OH is 1. The first kappa shape index (κ1) is 16.0. The number of hydrogen-bond donors (Lipinski definition) is 2. The summed E-state index contributed by atoms with van der Waals surface area (Å²) in [7, 11) is 1.69. The second-order valence-corrected chi connectivity index (χ2v) is 4.68. The highest BCUT2D eigenvalue weighted by Gasteiger charge is 2.17. The van der Waals surface area contributed by atoms with Gasteiger partial charge in [-0.25, -0.2) is 0 Å². The van der Waals surface area contributed by atoms with Crippen LogP contribution in [0.3, 0.4) is 0 Å². The van der Waals surface area contributed by atoms with Crippen LogP contribution in [0.1, 0.15) is 25.3 Å². The zero-order chi connectivity index (χ0) is 14.1. The Morgan fingerprint density at radius 2 is 1.95 bits per heavy atom. The highest BCUT2D eigenvalue weighted by molar-refractivity contribution is 5.27. The van der Waals surface area contributed by atoms with E-state index >= 15 is 0 Å². The number of rotatable bonds is 9. The van der Waals surface area contributed by atoms with Crippen LogP contribution in [-0.2, 0) is 11.2 Å². The van der Waals surface area contributed by atoms with Gasteiger partial charge in [0.25, 0.3) is 0 Å². The summed E-state index contributed by atoms with van der Waals surface area (Å²) in [6.45, 7) is 2.71. The molecule has 0 aliphatic carbocycles. The molecule has 0 radical (unpaired) electrons. The van der Waals surface area contributed by atoms with Crippen molar-refractivity contribution in [3.63, 3.8) is 0 Å². The lowest BCUT2D eigenvalue weighted by molar-refractivity contribution is 0.0916. The van der Waals surface area contributed by atoms with Crippen molar-refractivity contribution >= 4 is 0 Å². The summed E-state index contributed by atoms with van der Waals surface area (Å²) < 4.78 is 10.8. The normalized spacial score (nSPS) is 14.1. The van der Waals surface area contributed by atoms with Gasteiger partial charge in [0, 0.05) is 13.2 Å². The smallest absolute Gasteiger partial charge is 0.137 e. The zero-order valence-electron chi connectivity index (χ0n) is 11.8. The maximum absolute atomic E-state index is 9.33. The van der Waals surface area contributed by atoms with Gasteiger partial charge in [0.05, 0.1) is 13.2 Å². The molecule has 0 saturated heterocycles. The van der Waals surface area contributed by atoms with Gasteiger partial charge in [-0.15, -0.1) is 0 Å². The first-order valence-electron chi connectivity index (χ1n) is 6.82. The number of benzene rings is 1. The predicted molar refractivity (Wildman–Crippen MR) is 76.4 cm³/mol. The van der Waals surface area contributed by atoms with E-state index in [1.54, 1.807) is 7.11 Å². The molecule has 2 atom stereocenters. The Balaban J connectivity index is 2.55. The number of hydrogen-bond acceptors (Lipinski definition) is 4. The SMILES string of the molecule is CCCC(N)C(CO)Oc1ccc(CCOC)cc1. The van der Waals surface area contributed by atoms with Gasteiger partial charge in [0.15, 0.2) is 0 Å². The molecule has 1 aromatic rings. The molecule has 1 aromatic carbocycles. The minimum absolute atomic E-state index is 0.0629. The Bertz CT molecular complexity index is 340. The van der Waals surface area contributed by atoms with Crippen LogP contribution in [0.5, 0.6) is 5.75 Å². The van der Waals surface area contributed by atoms with Crippen LogP contribution in [0.4, 0.5) is 0 Å². The van der Waals surface area contributed by atoms with Crippen molar-refractivity contribution in [1.29, 1.82) is 0 Å². The summed E-state index contributed by atoms with van der Waals surface area (Å²) in [6, 6.07) is 7.70. The van der Waals surface area contributed by atoms with Gasteiger partial charge in [0.2, 0.25) is 0 Å². The monoisotopic (exact) mass is 267 g/mol. The zero-order valence-corrected chi connectivity index (χ0v) is 11.8. The van der Waals surface area contributed by atoms with E-state index in [-0.39, 0.29) is 18.8 Å². The number of methoxy groups -OCH3 is 1. The van der Waals surface area contributed by atoms with Crippen LogP contribution >= 0.6 is 0 Å². The van der Waals surface area contributed by atoms with Crippen molar-refractivity contribution in [3.05, 3.63) is 29.8 Å². The molecule has 0 spiro atoms. The van der Waals surface area contributed by atoms with Gasteiger partial charge in [-0.3, -0.25) is 0 Å². The Morgan fingerprint density at radius 3 is 2.47 bits per heavy atom. The molecule has 0 aromatic heterocycles. The lowest BCUT2D eigenvalue weighted by atomic mass is 10.1. The second kappa shape index (κ2) is 8.91. The van der Waals surface area contributed by atoms with Crippen molar-refractivity contribution < 1.29 is 14.6 Å². The maximum Gasteiger partial charge on any atom is 0.137 e. The quantitative estimate of drug-likeness (QED) is 0.715. The molecule has 3 N–H and O–H groups in total. The molecule has 108 valence electrons. The van der Waals surface area contributed by atoms with E-state index in [1.807, 2.05) is 24.3 Å². The molecule has 0 amide bonds. The van der Waals surface area contributed by atoms with Gasteiger partial charge in [0.1, 0.15) is 11.9 Å². The van der Waals surface area contributed by atoms with Crippen LogP contribution in [0.2, 0.25) is 0 Å². The van der Waals surface area contributed by atoms with Crippen molar-refractivity contribution in [2.75, 3.05) is 20.3 Å². The van der Waals surface area contributed by atoms with E-state index in [0.717, 1.165) is 25.0 Å². The molecule has 0 aliphatic rings. The third-order valence-corrected chi connectivity index (χ3v) is 3.09. The average Bonchev–Trinajstić information content (AvgIpc) is 2.44. The largest absolute Gasteiger partial charge is 0.486 e. The van der Waals surface area contributed by atoms with E-state index in [1.165, 1.54) is 5.56 Å². The maximum atomic E-state index is 9.33. The molecule has 0 fully saturated rings. The van der Waals surface area contributed by atoms with E-state index < -0.39 is 0 Å². The first-order valence-corrected chi connectivity index (χ1v) is 6.82. The average molecular weight is 267 g/mol. The molecule has 4 heteroatoms. The molecule has 2 unspecified atom stereocenters. The van der Waals surface area contributed by atoms with Crippen LogP contribution in [0, 0.1) is 0 Å². The predicted octanol–water partition coefficient (Wildman–Crippen LogP) is 1.74. The second-order valence-electron chi connectivity index (χ2n) is 4.68. The lowest BCUT2D eigenvalue weighted by Crippen LogP contribution is -2.41. The molecular formula is C15H25NO3. The Hall–Kier alpha value is -1.10. The fourth-order valence-electron chi connectivity index (χ4n) is 1.91. The third kappa shape index (κ3) is 5.59. The Kier molecular flexibility index (Phi) is 7.48. The van der Waals surface area contributed by atoms with Crippen molar-refractivity contribution in [3.8, 4) is 5.75 Å². The number of nitrogens with two attached hydrogens (primary N) is 1. The Morgan fingerprint density at radius 1 is 1.26 bits per heavy atom. The van der Waals surface area contributed by atoms with E-state index in [9.17, 15) is 5.11 Å². The summed E-state index contributed by atoms with van der Waals surface area (Å²) in [6.07, 6.45) is 2.37. The minimum Gasteiger partial charge on any atom is -0.486 e. The molecule has 1 rings (SSSR count). The summed E-state index contributed by atoms with van der Waals surface area (Å²) in [5.41, 5.74) is 7.18. The molecule has 4 nitrogen and oxygen atoms in total. The van der Waals surface area contributed by atoms with Gasteiger partial charge in [-0.2, -0.15) is 0 Å². The van der Waals surface area contributed by atoms with Crippen molar-refractivity contribution in [2.45, 2.75) is 38.3 Å². The Labute approximate surface area is 115 Å². The molecule has 0 aliphatic heterocycles. The van der Waals surface area contributed by atoms with Crippen molar-refractivity contribution in [2.24, 2.45) is 5.73 Å². The van der Waals surface area contributed by atoms with Gasteiger partial charge in [-0.1, -0.05) is 25.5 Å². The summed E-state index contributed by atoms with van der Waals surface area (Å²) in [4.78, 5) is 0. The fourth-order valence-corrected chi connectivity index (χ4v) is 1.91. The highest BCUT2D eigenvalue weighted by Crippen LogP contribution is 2.16. The van der Waals surface area contributed by atoms with Crippen LogP contribution in [0.15, 0.2) is 24.3 Å². The van der Waals surface area contributed by atoms with Crippen LogP contribution in [-0.4, -0.2) is 37.6 Å². The molecule has 0 saturated carbocycles. The van der Waals surface area contributed by atoms with E-state index in [4.69, 9.17) is 15.2 Å². The topological polar surface area (TPSA) is 64.7 Å². The minimum atomic E-state index is -0.343. The number of aliphatic hydroxyl groups is 1. The first-order chi connectivity index (χ1) is 9.21. The standard InChI is InChI=1S/C15H25NO3/c1-3-4-14(16)15(11-17)19-13-7-5-12(6-8-13)9-10-18-2/h5-8,14-15,17H,3-4,9-11,16H2,1-2H3. The summed E-state index contributed by atoms with van der Waals surface area (Å²) in [5.74, 6) is 0.742. The lowest BCUT2D eigenvalue weighted by Gasteiger charge is -2.23.